The predicted molar refractivity (Wildman–Crippen MR) is 64.6 cm³/mol. The Hall–Kier alpha value is -0.570. The molecule has 0 aliphatic heterocycles. The molecule has 2 atom stereocenters. The summed E-state index contributed by atoms with van der Waals surface area (Å²) in [5.74, 6) is -0.216. The van der Waals surface area contributed by atoms with Gasteiger partial charge in [-0.15, -0.1) is 0 Å². The molecule has 90 valence electrons. The van der Waals surface area contributed by atoms with Crippen molar-refractivity contribution in [3.8, 4) is 0 Å². The number of hydrogen-bond donors (Lipinski definition) is 2. The Bertz CT molecular complexity index is 171. The van der Waals surface area contributed by atoms with Gasteiger partial charge in [0.15, 0.2) is 0 Å². The van der Waals surface area contributed by atoms with Crippen molar-refractivity contribution >= 4 is 5.91 Å². The van der Waals surface area contributed by atoms with Crippen LogP contribution < -0.4 is 11.1 Å². The van der Waals surface area contributed by atoms with E-state index in [0.717, 1.165) is 19.3 Å². The van der Waals surface area contributed by atoms with E-state index in [1.807, 2.05) is 0 Å². The van der Waals surface area contributed by atoms with Crippen LogP contribution in [-0.4, -0.2) is 18.0 Å². The fourth-order valence-corrected chi connectivity index (χ4v) is 1.54. The van der Waals surface area contributed by atoms with Crippen LogP contribution in [0.25, 0.3) is 0 Å². The van der Waals surface area contributed by atoms with Gasteiger partial charge in [0.05, 0.1) is 6.04 Å². The molecule has 3 heteroatoms. The Balaban J connectivity index is 3.78. The average molecular weight is 214 g/mol. The first-order valence-electron chi connectivity index (χ1n) is 6.17. The van der Waals surface area contributed by atoms with E-state index in [1.165, 1.54) is 19.3 Å². The van der Waals surface area contributed by atoms with Crippen LogP contribution in [-0.2, 0) is 4.79 Å². The molecule has 0 spiro atoms. The maximum Gasteiger partial charge on any atom is 0.234 e. The van der Waals surface area contributed by atoms with Gasteiger partial charge in [-0.3, -0.25) is 4.79 Å². The molecule has 0 radical (unpaired) electrons. The zero-order valence-corrected chi connectivity index (χ0v) is 10.4. The lowest BCUT2D eigenvalue weighted by Crippen LogP contribution is -2.45. The SMILES string of the molecule is CCCCCCC(NC(C)CC)C(N)=O. The molecule has 0 aliphatic rings. The number of primary amides is 1. The van der Waals surface area contributed by atoms with Crippen molar-refractivity contribution in [2.45, 2.75) is 71.4 Å². The van der Waals surface area contributed by atoms with Crippen LogP contribution in [0.4, 0.5) is 0 Å². The van der Waals surface area contributed by atoms with Crippen molar-refractivity contribution in [1.29, 1.82) is 0 Å². The molecule has 0 saturated carbocycles. The van der Waals surface area contributed by atoms with Gasteiger partial charge in [-0.2, -0.15) is 0 Å². The van der Waals surface area contributed by atoms with Gasteiger partial charge in [-0.25, -0.2) is 0 Å². The third kappa shape index (κ3) is 7.37. The van der Waals surface area contributed by atoms with Crippen LogP contribution in [0.5, 0.6) is 0 Å². The fourth-order valence-electron chi connectivity index (χ4n) is 1.54. The van der Waals surface area contributed by atoms with E-state index in [9.17, 15) is 4.79 Å². The molecule has 0 aromatic carbocycles. The van der Waals surface area contributed by atoms with Gasteiger partial charge in [0.25, 0.3) is 0 Å². The topological polar surface area (TPSA) is 55.1 Å². The summed E-state index contributed by atoms with van der Waals surface area (Å²) in [6.45, 7) is 6.37. The Morgan fingerprint density at radius 1 is 1.27 bits per heavy atom. The fraction of sp³-hybridized carbons (Fsp3) is 0.917. The van der Waals surface area contributed by atoms with E-state index in [0.29, 0.717) is 6.04 Å². The quantitative estimate of drug-likeness (QED) is 0.578. The summed E-state index contributed by atoms with van der Waals surface area (Å²) in [7, 11) is 0. The zero-order chi connectivity index (χ0) is 11.7. The van der Waals surface area contributed by atoms with Crippen LogP contribution in [0.2, 0.25) is 0 Å². The molecule has 0 bridgehead atoms. The molecule has 15 heavy (non-hydrogen) atoms. The summed E-state index contributed by atoms with van der Waals surface area (Å²) in [6, 6.07) is 0.227. The van der Waals surface area contributed by atoms with E-state index in [-0.39, 0.29) is 11.9 Å². The highest BCUT2D eigenvalue weighted by Gasteiger charge is 2.15. The van der Waals surface area contributed by atoms with E-state index >= 15 is 0 Å². The molecular formula is C12H26N2O. The molecule has 2 unspecified atom stereocenters. The Morgan fingerprint density at radius 3 is 2.40 bits per heavy atom. The third-order valence-corrected chi connectivity index (χ3v) is 2.79. The normalized spacial score (nSPS) is 14.9. The first-order chi connectivity index (χ1) is 7.11. The number of nitrogens with one attached hydrogen (secondary N) is 1. The average Bonchev–Trinajstić information content (AvgIpc) is 2.21. The number of nitrogens with two attached hydrogens (primary N) is 1. The molecule has 0 saturated heterocycles. The van der Waals surface area contributed by atoms with E-state index in [2.05, 4.69) is 26.1 Å². The highest BCUT2D eigenvalue weighted by molar-refractivity contribution is 5.79. The van der Waals surface area contributed by atoms with Crippen molar-refractivity contribution in [3.05, 3.63) is 0 Å². The van der Waals surface area contributed by atoms with Gasteiger partial charge in [0, 0.05) is 6.04 Å². The number of unbranched alkanes of at least 4 members (excludes halogenated alkanes) is 3. The smallest absolute Gasteiger partial charge is 0.234 e. The predicted octanol–water partition coefficient (Wildman–Crippen LogP) is 2.20. The largest absolute Gasteiger partial charge is 0.368 e. The summed E-state index contributed by atoms with van der Waals surface area (Å²) in [5, 5.41) is 3.27. The minimum absolute atomic E-state index is 0.142. The lowest BCUT2D eigenvalue weighted by atomic mass is 10.1. The van der Waals surface area contributed by atoms with Gasteiger partial charge < -0.3 is 11.1 Å². The van der Waals surface area contributed by atoms with Crippen molar-refractivity contribution in [3.63, 3.8) is 0 Å². The first kappa shape index (κ1) is 14.4. The molecule has 0 heterocycles. The summed E-state index contributed by atoms with van der Waals surface area (Å²) in [5.41, 5.74) is 5.35. The molecule has 0 aromatic rings. The zero-order valence-electron chi connectivity index (χ0n) is 10.4. The summed E-state index contributed by atoms with van der Waals surface area (Å²) >= 11 is 0. The third-order valence-electron chi connectivity index (χ3n) is 2.79. The summed E-state index contributed by atoms with van der Waals surface area (Å²) < 4.78 is 0. The van der Waals surface area contributed by atoms with Crippen molar-refractivity contribution in [2.24, 2.45) is 5.73 Å². The molecule has 0 aliphatic carbocycles. The molecule has 3 N–H and O–H groups in total. The Labute approximate surface area is 93.8 Å². The number of carbonyl (C=O) groups is 1. The maximum atomic E-state index is 11.2. The van der Waals surface area contributed by atoms with Gasteiger partial charge >= 0.3 is 0 Å². The van der Waals surface area contributed by atoms with Gasteiger partial charge in [-0.1, -0.05) is 39.5 Å². The molecule has 0 fully saturated rings. The second-order valence-electron chi connectivity index (χ2n) is 4.28. The lowest BCUT2D eigenvalue weighted by Gasteiger charge is -2.19. The minimum atomic E-state index is -0.216. The van der Waals surface area contributed by atoms with Crippen LogP contribution in [0.3, 0.4) is 0 Å². The van der Waals surface area contributed by atoms with Gasteiger partial charge in [0.2, 0.25) is 5.91 Å². The molecular weight excluding hydrogens is 188 g/mol. The Kier molecular flexibility index (Phi) is 8.38. The monoisotopic (exact) mass is 214 g/mol. The molecule has 0 aromatic heterocycles. The van der Waals surface area contributed by atoms with Crippen LogP contribution in [0.15, 0.2) is 0 Å². The highest BCUT2D eigenvalue weighted by atomic mass is 16.1. The standard InChI is InChI=1S/C12H26N2O/c1-4-6-7-8-9-11(12(13)15)14-10(3)5-2/h10-11,14H,4-9H2,1-3H3,(H2,13,15). The van der Waals surface area contributed by atoms with Crippen LogP contribution in [0, 0.1) is 0 Å². The van der Waals surface area contributed by atoms with Crippen LogP contribution >= 0.6 is 0 Å². The van der Waals surface area contributed by atoms with E-state index in [4.69, 9.17) is 5.73 Å². The molecule has 3 nitrogen and oxygen atoms in total. The summed E-state index contributed by atoms with van der Waals surface area (Å²) in [4.78, 5) is 11.2. The van der Waals surface area contributed by atoms with Gasteiger partial charge in [0.1, 0.15) is 0 Å². The van der Waals surface area contributed by atoms with E-state index in [1.54, 1.807) is 0 Å². The van der Waals surface area contributed by atoms with Crippen molar-refractivity contribution < 1.29 is 4.79 Å². The second-order valence-corrected chi connectivity index (χ2v) is 4.28. The van der Waals surface area contributed by atoms with Crippen molar-refractivity contribution in [2.75, 3.05) is 0 Å². The lowest BCUT2D eigenvalue weighted by molar-refractivity contribution is -0.120. The maximum absolute atomic E-state index is 11.2. The van der Waals surface area contributed by atoms with Gasteiger partial charge in [-0.05, 0) is 19.8 Å². The van der Waals surface area contributed by atoms with Crippen LogP contribution in [0.1, 0.15) is 59.3 Å². The highest BCUT2D eigenvalue weighted by Crippen LogP contribution is 2.06. The number of carbonyl (C=O) groups excluding carboxylic acids is 1. The number of amides is 1. The molecule has 1 amide bonds. The number of rotatable bonds is 9. The first-order valence-corrected chi connectivity index (χ1v) is 6.17. The van der Waals surface area contributed by atoms with Crippen molar-refractivity contribution in [1.82, 2.24) is 5.32 Å². The minimum Gasteiger partial charge on any atom is -0.368 e. The number of hydrogen-bond acceptors (Lipinski definition) is 2. The molecule has 0 rings (SSSR count). The second kappa shape index (κ2) is 8.72. The Morgan fingerprint density at radius 2 is 1.93 bits per heavy atom. The summed E-state index contributed by atoms with van der Waals surface area (Å²) in [6.07, 6.45) is 6.65. The van der Waals surface area contributed by atoms with E-state index < -0.39 is 0 Å².